The first-order chi connectivity index (χ1) is 12.5. The summed E-state index contributed by atoms with van der Waals surface area (Å²) in [4.78, 5) is 12.3. The first-order valence-electron chi connectivity index (χ1n) is 8.89. The normalized spacial score (nSPS) is 24.7. The Morgan fingerprint density at radius 2 is 2.07 bits per heavy atom. The van der Waals surface area contributed by atoms with E-state index in [1.54, 1.807) is 13.0 Å². The number of carbonyl (C=O) groups excluding carboxylic acids is 1. The number of sulfonamides is 1. The van der Waals surface area contributed by atoms with E-state index in [1.807, 2.05) is 0 Å². The van der Waals surface area contributed by atoms with Crippen LogP contribution in [0.2, 0.25) is 0 Å². The average Bonchev–Trinajstić information content (AvgIpc) is 3.29. The van der Waals surface area contributed by atoms with Crippen LogP contribution in [0.25, 0.3) is 0 Å². The van der Waals surface area contributed by atoms with Crippen LogP contribution in [0.1, 0.15) is 61.2 Å². The number of amides is 1. The van der Waals surface area contributed by atoms with Crippen molar-refractivity contribution in [3.63, 3.8) is 0 Å². The number of hydrogen-bond donors (Lipinski definition) is 1. The molecular formula is C16H22F3N3O4S. The fourth-order valence-corrected chi connectivity index (χ4v) is 5.01. The summed E-state index contributed by atoms with van der Waals surface area (Å²) in [6.07, 6.45) is -3.18. The lowest BCUT2D eigenvalue weighted by Crippen LogP contribution is -2.51. The Hall–Kier alpha value is -1.62. The summed E-state index contributed by atoms with van der Waals surface area (Å²) in [5, 5.41) is 6.57. The van der Waals surface area contributed by atoms with Gasteiger partial charge in [-0.1, -0.05) is 5.16 Å². The lowest BCUT2D eigenvalue weighted by Gasteiger charge is -2.36. The van der Waals surface area contributed by atoms with Gasteiger partial charge in [0.2, 0.25) is 10.0 Å². The average molecular weight is 409 g/mol. The predicted octanol–water partition coefficient (Wildman–Crippen LogP) is 2.42. The van der Waals surface area contributed by atoms with Crippen LogP contribution in [-0.4, -0.2) is 54.3 Å². The highest BCUT2D eigenvalue weighted by Gasteiger charge is 2.37. The molecule has 1 aromatic rings. The number of nitrogens with one attached hydrogen (secondary N) is 1. The molecule has 0 spiro atoms. The molecule has 0 aromatic carbocycles. The van der Waals surface area contributed by atoms with E-state index in [4.69, 9.17) is 4.52 Å². The molecule has 1 N–H and O–H groups in total. The maximum absolute atomic E-state index is 12.3. The molecule has 0 unspecified atom stereocenters. The van der Waals surface area contributed by atoms with Gasteiger partial charge >= 0.3 is 6.18 Å². The Kier molecular flexibility index (Phi) is 5.53. The number of halogens is 3. The monoisotopic (exact) mass is 409 g/mol. The van der Waals surface area contributed by atoms with E-state index in [1.165, 1.54) is 0 Å². The molecule has 7 nitrogen and oxygen atoms in total. The van der Waals surface area contributed by atoms with E-state index in [0.29, 0.717) is 24.5 Å². The van der Waals surface area contributed by atoms with Gasteiger partial charge in [-0.2, -0.15) is 17.5 Å². The summed E-state index contributed by atoms with van der Waals surface area (Å²) in [5.41, 5.74) is 0.185. The van der Waals surface area contributed by atoms with E-state index < -0.39 is 40.3 Å². The zero-order valence-electron chi connectivity index (χ0n) is 14.8. The molecule has 2 fully saturated rings. The minimum atomic E-state index is -4.51. The van der Waals surface area contributed by atoms with Gasteiger partial charge in [0, 0.05) is 30.6 Å². The van der Waals surface area contributed by atoms with E-state index in [-0.39, 0.29) is 18.3 Å². The Bertz CT molecular complexity index is 789. The van der Waals surface area contributed by atoms with Gasteiger partial charge in [-0.15, -0.1) is 0 Å². The summed E-state index contributed by atoms with van der Waals surface area (Å²) in [6.45, 7) is 1.70. The van der Waals surface area contributed by atoms with Crippen LogP contribution in [0.5, 0.6) is 0 Å². The van der Waals surface area contributed by atoms with Crippen molar-refractivity contribution in [2.45, 2.75) is 63.2 Å². The predicted molar refractivity (Wildman–Crippen MR) is 89.6 cm³/mol. The van der Waals surface area contributed by atoms with Crippen molar-refractivity contribution in [2.24, 2.45) is 0 Å². The number of hydrogen-bond acceptors (Lipinski definition) is 5. The first-order valence-corrected chi connectivity index (χ1v) is 10.5. The number of rotatable bonds is 6. The third kappa shape index (κ3) is 5.22. The first kappa shape index (κ1) is 20.1. The second kappa shape index (κ2) is 7.42. The maximum atomic E-state index is 12.3. The Labute approximate surface area is 155 Å². The van der Waals surface area contributed by atoms with Crippen LogP contribution in [-0.2, 0) is 10.0 Å². The summed E-state index contributed by atoms with van der Waals surface area (Å²) in [5.74, 6) is -0.319. The van der Waals surface area contributed by atoms with E-state index >= 15 is 0 Å². The fraction of sp³-hybridized carbons (Fsp3) is 0.750. The molecule has 11 heteroatoms. The van der Waals surface area contributed by atoms with Gasteiger partial charge in [0.25, 0.3) is 5.91 Å². The molecule has 2 aliphatic rings. The Morgan fingerprint density at radius 1 is 1.37 bits per heavy atom. The van der Waals surface area contributed by atoms with Crippen molar-refractivity contribution in [3.8, 4) is 0 Å². The molecule has 2 atom stereocenters. The molecule has 27 heavy (non-hydrogen) atoms. The molecule has 2 heterocycles. The lowest BCUT2D eigenvalue weighted by molar-refractivity contribution is -0.130. The van der Waals surface area contributed by atoms with Crippen molar-refractivity contribution in [1.29, 1.82) is 0 Å². The minimum Gasteiger partial charge on any atom is -0.360 e. The molecule has 1 saturated heterocycles. The highest BCUT2D eigenvalue weighted by molar-refractivity contribution is 7.89. The van der Waals surface area contributed by atoms with Crippen molar-refractivity contribution in [3.05, 3.63) is 17.5 Å². The van der Waals surface area contributed by atoms with Gasteiger partial charge in [0.1, 0.15) is 5.76 Å². The molecular weight excluding hydrogens is 387 g/mol. The number of nitrogens with zero attached hydrogens (tertiary/aromatic N) is 2. The molecule has 3 rings (SSSR count). The van der Waals surface area contributed by atoms with Crippen LogP contribution in [0, 0.1) is 0 Å². The van der Waals surface area contributed by atoms with Crippen molar-refractivity contribution in [2.75, 3.05) is 12.3 Å². The molecule has 1 aromatic heterocycles. The van der Waals surface area contributed by atoms with Crippen LogP contribution >= 0.6 is 0 Å². The van der Waals surface area contributed by atoms with Gasteiger partial charge < -0.3 is 9.84 Å². The molecule has 0 radical (unpaired) electrons. The summed E-state index contributed by atoms with van der Waals surface area (Å²) in [7, 11) is -4.00. The van der Waals surface area contributed by atoms with Gasteiger partial charge in [-0.3, -0.25) is 4.79 Å². The smallest absolute Gasteiger partial charge is 0.360 e. The summed E-state index contributed by atoms with van der Waals surface area (Å²) >= 11 is 0. The molecule has 1 amide bonds. The molecule has 152 valence electrons. The standard InChI is InChI=1S/C16H22F3N3O4S/c1-10-8-12(4-6-22(10)27(24,25)7-5-16(17,18)19)20-15(23)13-9-14(26-21-13)11-2-3-11/h9-12H,2-8H2,1H3,(H,20,23)/t10-,12-/m0/s1. The van der Waals surface area contributed by atoms with Crippen molar-refractivity contribution in [1.82, 2.24) is 14.8 Å². The van der Waals surface area contributed by atoms with Crippen LogP contribution < -0.4 is 5.32 Å². The van der Waals surface area contributed by atoms with Crippen LogP contribution in [0.15, 0.2) is 10.6 Å². The number of piperidine rings is 1. The number of carbonyl (C=O) groups is 1. The largest absolute Gasteiger partial charge is 0.390 e. The SMILES string of the molecule is C[C@H]1C[C@@H](NC(=O)c2cc(C3CC3)on2)CCN1S(=O)(=O)CCC(F)(F)F. The van der Waals surface area contributed by atoms with Crippen molar-refractivity contribution >= 4 is 15.9 Å². The van der Waals surface area contributed by atoms with Gasteiger partial charge in [0.05, 0.1) is 12.2 Å². The van der Waals surface area contributed by atoms with Crippen LogP contribution in [0.3, 0.4) is 0 Å². The highest BCUT2D eigenvalue weighted by Crippen LogP contribution is 2.40. The quantitative estimate of drug-likeness (QED) is 0.779. The van der Waals surface area contributed by atoms with Crippen LogP contribution in [0.4, 0.5) is 13.2 Å². The zero-order chi connectivity index (χ0) is 19.8. The highest BCUT2D eigenvalue weighted by atomic mass is 32.2. The molecule has 0 bridgehead atoms. The minimum absolute atomic E-state index is 0.0679. The van der Waals surface area contributed by atoms with Gasteiger partial charge in [0.15, 0.2) is 5.69 Å². The van der Waals surface area contributed by atoms with E-state index in [9.17, 15) is 26.4 Å². The summed E-state index contributed by atoms with van der Waals surface area (Å²) in [6, 6.07) is 0.844. The van der Waals surface area contributed by atoms with Gasteiger partial charge in [-0.25, -0.2) is 8.42 Å². The topological polar surface area (TPSA) is 92.5 Å². The van der Waals surface area contributed by atoms with Crippen molar-refractivity contribution < 1.29 is 30.9 Å². The maximum Gasteiger partial charge on any atom is 0.390 e. The van der Waals surface area contributed by atoms with E-state index in [2.05, 4.69) is 10.5 Å². The van der Waals surface area contributed by atoms with E-state index in [0.717, 1.165) is 17.1 Å². The Morgan fingerprint density at radius 3 is 2.67 bits per heavy atom. The van der Waals surface area contributed by atoms with Gasteiger partial charge in [-0.05, 0) is 32.6 Å². The summed E-state index contributed by atoms with van der Waals surface area (Å²) < 4.78 is 67.6. The lowest BCUT2D eigenvalue weighted by atomic mass is 10.0. The second-order valence-corrected chi connectivity index (χ2v) is 9.27. The Balaban J connectivity index is 1.53. The third-order valence-electron chi connectivity index (χ3n) is 4.89. The zero-order valence-corrected chi connectivity index (χ0v) is 15.6. The number of aromatic nitrogens is 1. The molecule has 1 aliphatic carbocycles. The second-order valence-electron chi connectivity index (χ2n) is 7.22. The third-order valence-corrected chi connectivity index (χ3v) is 6.87. The molecule has 1 saturated carbocycles. The fourth-order valence-electron chi connectivity index (χ4n) is 3.27. The number of alkyl halides is 3. The molecule has 1 aliphatic heterocycles.